The molecule has 0 amide bonds. The number of hydrogen-bond donors (Lipinski definition) is 0. The second kappa shape index (κ2) is 6.04. The van der Waals surface area contributed by atoms with Gasteiger partial charge in [0.2, 0.25) is 0 Å². The lowest BCUT2D eigenvalue weighted by molar-refractivity contribution is 0.0937. The number of allylic oxidation sites excluding steroid dienone is 1. The molecule has 0 aliphatic heterocycles. The SMILES string of the molecule is O=C1c2c(-c3ccc(Cl)cc3)noc2C=CC1CCCCl. The lowest BCUT2D eigenvalue weighted by atomic mass is 9.87. The summed E-state index contributed by atoms with van der Waals surface area (Å²) in [7, 11) is 0. The first-order chi connectivity index (χ1) is 10.2. The summed E-state index contributed by atoms with van der Waals surface area (Å²) in [5.74, 6) is 0.968. The summed E-state index contributed by atoms with van der Waals surface area (Å²) in [6, 6.07) is 7.21. The van der Waals surface area contributed by atoms with Crippen LogP contribution in [0.15, 0.2) is 34.9 Å². The Balaban J connectivity index is 1.97. The maximum Gasteiger partial charge on any atom is 0.175 e. The fraction of sp³-hybridized carbons (Fsp3) is 0.250. The second-order valence-electron chi connectivity index (χ2n) is 4.94. The minimum atomic E-state index is -0.151. The predicted octanol–water partition coefficient (Wildman–Crippen LogP) is 4.84. The van der Waals surface area contributed by atoms with Crippen LogP contribution in [-0.2, 0) is 0 Å². The van der Waals surface area contributed by atoms with Crippen LogP contribution in [0.5, 0.6) is 0 Å². The second-order valence-corrected chi connectivity index (χ2v) is 5.75. The van der Waals surface area contributed by atoms with Crippen LogP contribution in [0.4, 0.5) is 0 Å². The fourth-order valence-electron chi connectivity index (χ4n) is 2.46. The summed E-state index contributed by atoms with van der Waals surface area (Å²) in [4.78, 5) is 12.6. The standard InChI is InChI=1S/C16H13Cl2NO2/c17-9-1-2-11-5-8-13-14(16(11)20)15(19-21-13)10-3-6-12(18)7-4-10/h3-8,11H,1-2,9H2. The van der Waals surface area contributed by atoms with Crippen molar-refractivity contribution in [3.05, 3.63) is 46.7 Å². The summed E-state index contributed by atoms with van der Waals surface area (Å²) >= 11 is 11.6. The zero-order valence-corrected chi connectivity index (χ0v) is 12.7. The van der Waals surface area contributed by atoms with Crippen LogP contribution in [0.3, 0.4) is 0 Å². The Hall–Kier alpha value is -1.58. The molecule has 3 rings (SSSR count). The van der Waals surface area contributed by atoms with E-state index in [1.54, 1.807) is 12.1 Å². The first-order valence-electron chi connectivity index (χ1n) is 6.74. The van der Waals surface area contributed by atoms with Gasteiger partial charge in [0.1, 0.15) is 5.69 Å². The Morgan fingerprint density at radius 3 is 2.71 bits per heavy atom. The third-order valence-electron chi connectivity index (χ3n) is 3.55. The van der Waals surface area contributed by atoms with Gasteiger partial charge in [0.25, 0.3) is 0 Å². The molecule has 0 fully saturated rings. The topological polar surface area (TPSA) is 43.1 Å². The van der Waals surface area contributed by atoms with Crippen LogP contribution in [0.25, 0.3) is 17.3 Å². The molecule has 1 aromatic carbocycles. The van der Waals surface area contributed by atoms with Crippen molar-refractivity contribution in [3.8, 4) is 11.3 Å². The first-order valence-corrected chi connectivity index (χ1v) is 7.66. The van der Waals surface area contributed by atoms with Crippen molar-refractivity contribution in [1.29, 1.82) is 0 Å². The van der Waals surface area contributed by atoms with E-state index in [9.17, 15) is 4.79 Å². The number of alkyl halides is 1. The first kappa shape index (κ1) is 14.4. The molecule has 108 valence electrons. The van der Waals surface area contributed by atoms with Crippen molar-refractivity contribution in [1.82, 2.24) is 5.16 Å². The lowest BCUT2D eigenvalue weighted by Crippen LogP contribution is -2.17. The Kier molecular flexibility index (Phi) is 4.13. The number of hydrogen-bond acceptors (Lipinski definition) is 3. The van der Waals surface area contributed by atoms with E-state index in [1.807, 2.05) is 24.3 Å². The minimum absolute atomic E-state index is 0.0452. The zero-order valence-electron chi connectivity index (χ0n) is 11.2. The smallest absolute Gasteiger partial charge is 0.175 e. The van der Waals surface area contributed by atoms with E-state index >= 15 is 0 Å². The Morgan fingerprint density at radius 2 is 2.00 bits per heavy atom. The van der Waals surface area contributed by atoms with Crippen LogP contribution in [0, 0.1) is 5.92 Å². The molecule has 3 nitrogen and oxygen atoms in total. The molecule has 0 bridgehead atoms. The monoisotopic (exact) mass is 321 g/mol. The van der Waals surface area contributed by atoms with Gasteiger partial charge in [0.15, 0.2) is 11.5 Å². The third kappa shape index (κ3) is 2.76. The number of fused-ring (bicyclic) bond motifs is 1. The van der Waals surface area contributed by atoms with Crippen molar-refractivity contribution in [3.63, 3.8) is 0 Å². The number of aromatic nitrogens is 1. The summed E-state index contributed by atoms with van der Waals surface area (Å²) in [6.45, 7) is 0. The van der Waals surface area contributed by atoms with Gasteiger partial charge in [-0.25, -0.2) is 0 Å². The van der Waals surface area contributed by atoms with Crippen LogP contribution >= 0.6 is 23.2 Å². The van der Waals surface area contributed by atoms with Gasteiger partial charge in [0.05, 0.1) is 5.56 Å². The number of nitrogens with zero attached hydrogens (tertiary/aromatic N) is 1. The highest BCUT2D eigenvalue weighted by molar-refractivity contribution is 6.30. The van der Waals surface area contributed by atoms with Gasteiger partial charge in [-0.05, 0) is 31.1 Å². The molecule has 1 unspecified atom stereocenters. The Labute approximate surface area is 132 Å². The number of benzene rings is 1. The van der Waals surface area contributed by atoms with Gasteiger partial charge in [-0.1, -0.05) is 35.0 Å². The lowest BCUT2D eigenvalue weighted by Gasteiger charge is -2.14. The fourth-order valence-corrected chi connectivity index (χ4v) is 2.74. The minimum Gasteiger partial charge on any atom is -0.356 e. The van der Waals surface area contributed by atoms with Gasteiger partial charge in [-0.15, -0.1) is 11.6 Å². The molecule has 0 spiro atoms. The number of ketones is 1. The summed E-state index contributed by atoms with van der Waals surface area (Å²) < 4.78 is 5.28. The number of halogens is 2. The third-order valence-corrected chi connectivity index (χ3v) is 4.07. The molecule has 1 aromatic heterocycles. The number of carbonyl (C=O) groups excluding carboxylic acids is 1. The summed E-state index contributed by atoms with van der Waals surface area (Å²) in [6.07, 6.45) is 5.23. The molecule has 5 heteroatoms. The normalized spacial score (nSPS) is 17.0. The highest BCUT2D eigenvalue weighted by Crippen LogP contribution is 2.33. The largest absolute Gasteiger partial charge is 0.356 e. The average Bonchev–Trinajstić information content (AvgIpc) is 2.92. The zero-order chi connectivity index (χ0) is 14.8. The van der Waals surface area contributed by atoms with Crippen molar-refractivity contribution in [2.45, 2.75) is 12.8 Å². The van der Waals surface area contributed by atoms with Crippen LogP contribution in [-0.4, -0.2) is 16.8 Å². The summed E-state index contributed by atoms with van der Waals surface area (Å²) in [5.41, 5.74) is 1.95. The molecule has 1 aliphatic rings. The van der Waals surface area contributed by atoms with E-state index in [0.717, 1.165) is 18.4 Å². The van der Waals surface area contributed by atoms with Crippen molar-refractivity contribution in [2.24, 2.45) is 5.92 Å². The van der Waals surface area contributed by atoms with Crippen molar-refractivity contribution in [2.75, 3.05) is 5.88 Å². The maximum atomic E-state index is 12.6. The van der Waals surface area contributed by atoms with E-state index in [2.05, 4.69) is 5.16 Å². The van der Waals surface area contributed by atoms with Crippen LogP contribution in [0.1, 0.15) is 29.0 Å². The molecule has 1 atom stereocenters. The van der Waals surface area contributed by atoms with Gasteiger partial charge >= 0.3 is 0 Å². The number of rotatable bonds is 4. The molecule has 1 aliphatic carbocycles. The van der Waals surface area contributed by atoms with Crippen molar-refractivity contribution >= 4 is 35.1 Å². The maximum absolute atomic E-state index is 12.6. The molecular weight excluding hydrogens is 309 g/mol. The molecule has 0 saturated heterocycles. The molecular formula is C16H13Cl2NO2. The van der Waals surface area contributed by atoms with E-state index in [-0.39, 0.29) is 11.7 Å². The van der Waals surface area contributed by atoms with E-state index in [4.69, 9.17) is 27.7 Å². The molecule has 21 heavy (non-hydrogen) atoms. The van der Waals surface area contributed by atoms with Crippen molar-refractivity contribution < 1.29 is 9.32 Å². The van der Waals surface area contributed by atoms with Crippen LogP contribution in [0.2, 0.25) is 5.02 Å². The van der Waals surface area contributed by atoms with Gasteiger partial charge in [0, 0.05) is 22.4 Å². The molecule has 1 heterocycles. The molecule has 2 aromatic rings. The number of carbonyl (C=O) groups is 1. The van der Waals surface area contributed by atoms with E-state index < -0.39 is 0 Å². The van der Waals surface area contributed by atoms with Gasteiger partial charge < -0.3 is 4.52 Å². The highest BCUT2D eigenvalue weighted by Gasteiger charge is 2.30. The van der Waals surface area contributed by atoms with Gasteiger partial charge in [-0.2, -0.15) is 0 Å². The molecule has 0 radical (unpaired) electrons. The highest BCUT2D eigenvalue weighted by atomic mass is 35.5. The Morgan fingerprint density at radius 1 is 1.24 bits per heavy atom. The quantitative estimate of drug-likeness (QED) is 0.757. The average molecular weight is 322 g/mol. The predicted molar refractivity (Wildman–Crippen MR) is 83.8 cm³/mol. The summed E-state index contributed by atoms with van der Waals surface area (Å²) in [5, 5.41) is 4.69. The Bertz CT molecular complexity index is 689. The van der Waals surface area contributed by atoms with Crippen LogP contribution < -0.4 is 0 Å². The number of Topliss-reactive ketones (excluding diaryl/α,β-unsaturated/α-hetero) is 1. The van der Waals surface area contributed by atoms with E-state index in [1.165, 1.54) is 0 Å². The van der Waals surface area contributed by atoms with E-state index in [0.29, 0.717) is 27.9 Å². The van der Waals surface area contributed by atoms with Gasteiger partial charge in [-0.3, -0.25) is 4.79 Å². The molecule has 0 saturated carbocycles. The molecule has 0 N–H and O–H groups in total.